The first-order valence-corrected chi connectivity index (χ1v) is 10.7. The molecular formula is C19H25N3O5S. The molecular weight excluding hydrogens is 382 g/mol. The zero-order chi connectivity index (χ0) is 20.3. The summed E-state index contributed by atoms with van der Waals surface area (Å²) in [6, 6.07) is 6.96. The molecule has 3 rings (SSSR count). The highest BCUT2D eigenvalue weighted by Gasteiger charge is 2.32. The largest absolute Gasteiger partial charge is 0.508 e. The molecule has 1 aromatic heterocycles. The van der Waals surface area contributed by atoms with Gasteiger partial charge in [0.05, 0.1) is 0 Å². The van der Waals surface area contributed by atoms with Crippen LogP contribution in [-0.4, -0.2) is 60.0 Å². The molecule has 0 atom stereocenters. The monoisotopic (exact) mass is 407 g/mol. The predicted octanol–water partition coefficient (Wildman–Crippen LogP) is 1.85. The van der Waals surface area contributed by atoms with Crippen LogP contribution in [0.4, 0.5) is 0 Å². The molecule has 2 aromatic rings. The molecule has 1 aromatic carbocycles. The molecule has 0 spiro atoms. The lowest BCUT2D eigenvalue weighted by molar-refractivity contribution is -0.131. The number of sulfonamides is 1. The Morgan fingerprint density at radius 3 is 2.61 bits per heavy atom. The Kier molecular flexibility index (Phi) is 6.04. The molecule has 2 heterocycles. The zero-order valence-electron chi connectivity index (χ0n) is 16.1. The summed E-state index contributed by atoms with van der Waals surface area (Å²) in [6.45, 7) is 4.61. The highest BCUT2D eigenvalue weighted by Crippen LogP contribution is 2.24. The Morgan fingerprint density at radius 2 is 1.93 bits per heavy atom. The molecule has 28 heavy (non-hydrogen) atoms. The molecule has 0 saturated carbocycles. The number of carbonyl (C=O) groups excluding carboxylic acids is 1. The molecule has 0 aliphatic carbocycles. The maximum Gasteiger partial charge on any atom is 0.248 e. The second-order valence-corrected chi connectivity index (χ2v) is 8.80. The molecule has 0 bridgehead atoms. The quantitative estimate of drug-likeness (QED) is 0.811. The summed E-state index contributed by atoms with van der Waals surface area (Å²) in [4.78, 5) is 14.4. The van der Waals surface area contributed by atoms with Crippen molar-refractivity contribution in [2.45, 2.75) is 38.0 Å². The van der Waals surface area contributed by atoms with Crippen molar-refractivity contribution >= 4 is 15.9 Å². The van der Waals surface area contributed by atoms with Crippen molar-refractivity contribution in [3.05, 3.63) is 41.3 Å². The van der Waals surface area contributed by atoms with Gasteiger partial charge in [0.2, 0.25) is 15.9 Å². The lowest BCUT2D eigenvalue weighted by Crippen LogP contribution is -2.37. The SMILES string of the molecule is Cc1noc(C)c1S(=O)(=O)N1CCCN(C(=O)CCc2ccccc2O)CC1. The van der Waals surface area contributed by atoms with E-state index in [1.807, 2.05) is 6.07 Å². The van der Waals surface area contributed by atoms with Gasteiger partial charge in [0, 0.05) is 32.6 Å². The van der Waals surface area contributed by atoms with Crippen molar-refractivity contribution < 1.29 is 22.8 Å². The predicted molar refractivity (Wildman–Crippen MR) is 102 cm³/mol. The number of amides is 1. The third-order valence-corrected chi connectivity index (χ3v) is 7.12. The van der Waals surface area contributed by atoms with E-state index in [1.54, 1.807) is 36.9 Å². The minimum Gasteiger partial charge on any atom is -0.508 e. The number of rotatable bonds is 5. The first-order chi connectivity index (χ1) is 13.3. The topological polar surface area (TPSA) is 104 Å². The van der Waals surface area contributed by atoms with Crippen molar-refractivity contribution in [2.24, 2.45) is 0 Å². The van der Waals surface area contributed by atoms with Crippen molar-refractivity contribution in [3.8, 4) is 5.75 Å². The number of carbonyl (C=O) groups is 1. The number of phenols is 1. The van der Waals surface area contributed by atoms with Gasteiger partial charge >= 0.3 is 0 Å². The molecule has 1 aliphatic heterocycles. The molecule has 1 fully saturated rings. The van der Waals surface area contributed by atoms with Crippen LogP contribution in [0.1, 0.15) is 29.9 Å². The summed E-state index contributed by atoms with van der Waals surface area (Å²) >= 11 is 0. The van der Waals surface area contributed by atoms with Crippen molar-refractivity contribution in [2.75, 3.05) is 26.2 Å². The van der Waals surface area contributed by atoms with E-state index >= 15 is 0 Å². The van der Waals surface area contributed by atoms with E-state index in [0.717, 1.165) is 5.56 Å². The number of benzene rings is 1. The average molecular weight is 407 g/mol. The maximum absolute atomic E-state index is 13.0. The van der Waals surface area contributed by atoms with Crippen LogP contribution < -0.4 is 0 Å². The molecule has 1 aliphatic rings. The maximum atomic E-state index is 13.0. The Hall–Kier alpha value is -2.39. The number of phenolic OH excluding ortho intramolecular Hbond substituents is 1. The van der Waals surface area contributed by atoms with Gasteiger partial charge in [-0.15, -0.1) is 0 Å². The average Bonchev–Trinajstić information content (AvgIpc) is 2.86. The Bertz CT molecular complexity index is 935. The molecule has 152 valence electrons. The third-order valence-electron chi connectivity index (χ3n) is 4.97. The zero-order valence-corrected chi connectivity index (χ0v) is 16.9. The van der Waals surface area contributed by atoms with Gasteiger partial charge in [-0.05, 0) is 38.3 Å². The van der Waals surface area contributed by atoms with Gasteiger partial charge < -0.3 is 14.5 Å². The van der Waals surface area contributed by atoms with Crippen LogP contribution in [0.3, 0.4) is 0 Å². The van der Waals surface area contributed by atoms with Crippen LogP contribution >= 0.6 is 0 Å². The number of hydrogen-bond acceptors (Lipinski definition) is 6. The van der Waals surface area contributed by atoms with E-state index in [0.29, 0.717) is 38.2 Å². The summed E-state index contributed by atoms with van der Waals surface area (Å²) in [5.74, 6) is 0.417. The van der Waals surface area contributed by atoms with Crippen LogP contribution in [0.5, 0.6) is 5.75 Å². The lowest BCUT2D eigenvalue weighted by Gasteiger charge is -2.22. The highest BCUT2D eigenvalue weighted by atomic mass is 32.2. The number of aromatic nitrogens is 1. The Morgan fingerprint density at radius 1 is 1.18 bits per heavy atom. The molecule has 1 N–H and O–H groups in total. The van der Waals surface area contributed by atoms with E-state index in [1.165, 1.54) is 4.31 Å². The number of para-hydroxylation sites is 1. The number of nitrogens with zero attached hydrogens (tertiary/aromatic N) is 3. The van der Waals surface area contributed by atoms with E-state index in [4.69, 9.17) is 4.52 Å². The minimum absolute atomic E-state index is 0.0418. The molecule has 0 radical (unpaired) electrons. The van der Waals surface area contributed by atoms with Gasteiger partial charge in [-0.1, -0.05) is 23.4 Å². The first-order valence-electron chi connectivity index (χ1n) is 9.28. The Labute approximate surface area is 164 Å². The van der Waals surface area contributed by atoms with Gasteiger partial charge in [-0.25, -0.2) is 8.42 Å². The van der Waals surface area contributed by atoms with Crippen molar-refractivity contribution in [3.63, 3.8) is 0 Å². The second kappa shape index (κ2) is 8.32. The number of aromatic hydroxyl groups is 1. The minimum atomic E-state index is -3.71. The summed E-state index contributed by atoms with van der Waals surface area (Å²) in [6.07, 6.45) is 1.28. The van der Waals surface area contributed by atoms with Gasteiger partial charge in [0.15, 0.2) is 5.76 Å². The van der Waals surface area contributed by atoms with Crippen molar-refractivity contribution in [1.29, 1.82) is 0 Å². The lowest BCUT2D eigenvalue weighted by atomic mass is 10.1. The summed E-state index contributed by atoms with van der Waals surface area (Å²) in [7, 11) is -3.71. The van der Waals surface area contributed by atoms with E-state index in [2.05, 4.69) is 5.16 Å². The molecule has 8 nitrogen and oxygen atoms in total. The van der Waals surface area contributed by atoms with Gasteiger partial charge in [0.25, 0.3) is 0 Å². The van der Waals surface area contributed by atoms with Crippen LogP contribution in [-0.2, 0) is 21.2 Å². The fourth-order valence-electron chi connectivity index (χ4n) is 3.48. The smallest absolute Gasteiger partial charge is 0.248 e. The van der Waals surface area contributed by atoms with Crippen LogP contribution in [0.25, 0.3) is 0 Å². The molecule has 0 unspecified atom stereocenters. The molecule has 1 saturated heterocycles. The van der Waals surface area contributed by atoms with Crippen molar-refractivity contribution in [1.82, 2.24) is 14.4 Å². The standard InChI is InChI=1S/C19H25N3O5S/c1-14-19(15(2)27-20-14)28(25,26)22-11-5-10-21(12-13-22)18(24)9-8-16-6-3-4-7-17(16)23/h3-4,6-7,23H,5,8-13H2,1-2H3. The number of hydrogen-bond donors (Lipinski definition) is 1. The third kappa shape index (κ3) is 4.20. The van der Waals surface area contributed by atoms with Gasteiger partial charge in [-0.3, -0.25) is 4.79 Å². The fraction of sp³-hybridized carbons (Fsp3) is 0.474. The van der Waals surface area contributed by atoms with E-state index in [9.17, 15) is 18.3 Å². The van der Waals surface area contributed by atoms with Crippen LogP contribution in [0.15, 0.2) is 33.7 Å². The molecule has 9 heteroatoms. The Balaban J connectivity index is 1.63. The van der Waals surface area contributed by atoms with Gasteiger partial charge in [-0.2, -0.15) is 4.31 Å². The summed E-state index contributed by atoms with van der Waals surface area (Å²) < 4.78 is 32.3. The fourth-order valence-corrected chi connectivity index (χ4v) is 5.24. The van der Waals surface area contributed by atoms with Gasteiger partial charge in [0.1, 0.15) is 16.3 Å². The highest BCUT2D eigenvalue weighted by molar-refractivity contribution is 7.89. The van der Waals surface area contributed by atoms with E-state index in [-0.39, 0.29) is 35.3 Å². The summed E-state index contributed by atoms with van der Waals surface area (Å²) in [5, 5.41) is 13.6. The van der Waals surface area contributed by atoms with Crippen LogP contribution in [0, 0.1) is 13.8 Å². The second-order valence-electron chi connectivity index (χ2n) is 6.92. The normalized spacial score (nSPS) is 16.1. The number of aryl methyl sites for hydroxylation is 3. The first kappa shape index (κ1) is 20.3. The summed E-state index contributed by atoms with van der Waals surface area (Å²) in [5.41, 5.74) is 1.07. The van der Waals surface area contributed by atoms with E-state index < -0.39 is 10.0 Å². The molecule has 1 amide bonds. The van der Waals surface area contributed by atoms with Crippen LogP contribution in [0.2, 0.25) is 0 Å².